The Hall–Kier alpha value is -1.58. The molecule has 0 atom stereocenters. The lowest BCUT2D eigenvalue weighted by atomic mass is 10.2. The molecular weight excluding hydrogens is 272 g/mol. The number of pyridine rings is 1. The highest BCUT2D eigenvalue weighted by molar-refractivity contribution is 6.31. The average molecular weight is 291 g/mol. The first-order chi connectivity index (χ1) is 9.69. The van der Waals surface area contributed by atoms with Gasteiger partial charge in [-0.2, -0.15) is 0 Å². The fourth-order valence-corrected chi connectivity index (χ4v) is 2.06. The highest BCUT2D eigenvalue weighted by Gasteiger charge is 2.06. The molecule has 0 bridgehead atoms. The highest BCUT2D eigenvalue weighted by atomic mass is 35.5. The molecule has 1 aromatic heterocycles. The fourth-order valence-electron chi connectivity index (χ4n) is 1.84. The molecule has 0 spiro atoms. The predicted molar refractivity (Wildman–Crippen MR) is 82.5 cm³/mol. The zero-order chi connectivity index (χ0) is 14.4. The fraction of sp³-hybridized carbons (Fsp3) is 0.312. The zero-order valence-corrected chi connectivity index (χ0v) is 12.6. The number of hydrogen-bond acceptors (Lipinski definition) is 3. The van der Waals surface area contributed by atoms with Gasteiger partial charge in [0.05, 0.1) is 0 Å². The average Bonchev–Trinajstić information content (AvgIpc) is 2.42. The molecule has 0 fully saturated rings. The van der Waals surface area contributed by atoms with Crippen LogP contribution in [0.3, 0.4) is 0 Å². The number of halogens is 1. The van der Waals surface area contributed by atoms with E-state index in [1.807, 2.05) is 37.3 Å². The summed E-state index contributed by atoms with van der Waals surface area (Å²) in [5, 5.41) is 3.85. The van der Waals surface area contributed by atoms with Crippen LogP contribution in [0.4, 0.5) is 0 Å². The van der Waals surface area contributed by atoms with Crippen molar-refractivity contribution < 1.29 is 4.74 Å². The molecule has 0 aliphatic carbocycles. The van der Waals surface area contributed by atoms with Crippen LogP contribution in [0.25, 0.3) is 0 Å². The van der Waals surface area contributed by atoms with Crippen LogP contribution in [0, 0.1) is 6.92 Å². The van der Waals surface area contributed by atoms with E-state index in [1.54, 1.807) is 6.20 Å². The largest absolute Gasteiger partial charge is 0.438 e. The first-order valence-corrected chi connectivity index (χ1v) is 7.16. The summed E-state index contributed by atoms with van der Waals surface area (Å²) in [5.74, 6) is 1.19. The topological polar surface area (TPSA) is 34.2 Å². The Kier molecular flexibility index (Phi) is 5.39. The van der Waals surface area contributed by atoms with Crippen LogP contribution in [0.5, 0.6) is 11.6 Å². The monoisotopic (exact) mass is 290 g/mol. The van der Waals surface area contributed by atoms with Crippen molar-refractivity contribution >= 4 is 11.6 Å². The number of benzene rings is 1. The van der Waals surface area contributed by atoms with E-state index in [4.69, 9.17) is 16.3 Å². The second kappa shape index (κ2) is 7.27. The molecule has 106 valence electrons. The van der Waals surface area contributed by atoms with Crippen LogP contribution < -0.4 is 10.1 Å². The second-order valence-corrected chi connectivity index (χ2v) is 5.13. The Morgan fingerprint density at radius 1 is 1.30 bits per heavy atom. The SMILES string of the molecule is CCCNCc1cnc(Oc2cccc(C)c2)c(Cl)c1. The summed E-state index contributed by atoms with van der Waals surface area (Å²) in [6.45, 7) is 5.91. The first kappa shape index (κ1) is 14.8. The van der Waals surface area contributed by atoms with Crippen molar-refractivity contribution in [3.63, 3.8) is 0 Å². The molecular formula is C16H19ClN2O. The number of nitrogens with zero attached hydrogens (tertiary/aromatic N) is 1. The molecule has 2 aromatic rings. The van der Waals surface area contributed by atoms with Crippen molar-refractivity contribution in [2.45, 2.75) is 26.8 Å². The normalized spacial score (nSPS) is 10.6. The number of aryl methyl sites for hydroxylation is 1. The van der Waals surface area contributed by atoms with E-state index in [-0.39, 0.29) is 0 Å². The Morgan fingerprint density at radius 2 is 2.15 bits per heavy atom. The maximum absolute atomic E-state index is 6.22. The molecule has 1 aromatic carbocycles. The van der Waals surface area contributed by atoms with Gasteiger partial charge in [-0.25, -0.2) is 4.98 Å². The Labute approximate surface area is 124 Å². The van der Waals surface area contributed by atoms with Gasteiger partial charge in [0.25, 0.3) is 0 Å². The number of ether oxygens (including phenoxy) is 1. The van der Waals surface area contributed by atoms with Crippen molar-refractivity contribution in [2.24, 2.45) is 0 Å². The predicted octanol–water partition coefficient (Wildman–Crippen LogP) is 4.34. The van der Waals surface area contributed by atoms with Crippen LogP contribution in [0.2, 0.25) is 5.02 Å². The number of nitrogens with one attached hydrogen (secondary N) is 1. The third kappa shape index (κ3) is 4.22. The van der Waals surface area contributed by atoms with Crippen molar-refractivity contribution in [2.75, 3.05) is 6.54 Å². The van der Waals surface area contributed by atoms with E-state index in [1.165, 1.54) is 0 Å². The molecule has 20 heavy (non-hydrogen) atoms. The minimum Gasteiger partial charge on any atom is -0.438 e. The van der Waals surface area contributed by atoms with Gasteiger partial charge in [0.2, 0.25) is 5.88 Å². The molecule has 0 saturated carbocycles. The van der Waals surface area contributed by atoms with E-state index in [9.17, 15) is 0 Å². The van der Waals surface area contributed by atoms with E-state index in [2.05, 4.69) is 17.2 Å². The van der Waals surface area contributed by atoms with E-state index < -0.39 is 0 Å². The minimum atomic E-state index is 0.441. The van der Waals surface area contributed by atoms with Gasteiger partial charge in [-0.15, -0.1) is 0 Å². The minimum absolute atomic E-state index is 0.441. The van der Waals surface area contributed by atoms with Gasteiger partial charge in [-0.1, -0.05) is 30.7 Å². The summed E-state index contributed by atoms with van der Waals surface area (Å²) < 4.78 is 5.71. The van der Waals surface area contributed by atoms with Gasteiger partial charge in [-0.05, 0) is 49.2 Å². The molecule has 0 saturated heterocycles. The molecule has 2 rings (SSSR count). The zero-order valence-electron chi connectivity index (χ0n) is 11.8. The van der Waals surface area contributed by atoms with Crippen LogP contribution >= 0.6 is 11.6 Å². The maximum atomic E-state index is 6.22. The van der Waals surface area contributed by atoms with Crippen LogP contribution in [-0.4, -0.2) is 11.5 Å². The third-order valence-electron chi connectivity index (χ3n) is 2.82. The van der Waals surface area contributed by atoms with E-state index >= 15 is 0 Å². The summed E-state index contributed by atoms with van der Waals surface area (Å²) in [5.41, 5.74) is 2.19. The van der Waals surface area contributed by atoms with Crippen LogP contribution in [-0.2, 0) is 6.54 Å². The van der Waals surface area contributed by atoms with Gasteiger partial charge in [-0.3, -0.25) is 0 Å². The molecule has 3 nitrogen and oxygen atoms in total. The summed E-state index contributed by atoms with van der Waals surface area (Å²) in [4.78, 5) is 4.29. The Morgan fingerprint density at radius 3 is 2.85 bits per heavy atom. The van der Waals surface area contributed by atoms with Crippen LogP contribution in [0.15, 0.2) is 36.5 Å². The molecule has 0 aliphatic heterocycles. The lowest BCUT2D eigenvalue weighted by Gasteiger charge is -2.09. The standard InChI is InChI=1S/C16H19ClN2O/c1-3-7-18-10-13-9-15(17)16(19-11-13)20-14-6-4-5-12(2)8-14/h4-6,8-9,11,18H,3,7,10H2,1-2H3. The van der Waals surface area contributed by atoms with Crippen molar-refractivity contribution in [3.05, 3.63) is 52.7 Å². The molecule has 1 heterocycles. The lowest BCUT2D eigenvalue weighted by molar-refractivity contribution is 0.462. The second-order valence-electron chi connectivity index (χ2n) is 4.73. The Bertz CT molecular complexity index is 572. The highest BCUT2D eigenvalue weighted by Crippen LogP contribution is 2.27. The molecule has 4 heteroatoms. The summed E-state index contributed by atoms with van der Waals surface area (Å²) in [6, 6.07) is 9.70. The van der Waals surface area contributed by atoms with E-state index in [0.717, 1.165) is 36.4 Å². The molecule has 0 unspecified atom stereocenters. The summed E-state index contributed by atoms with van der Waals surface area (Å²) in [6.07, 6.45) is 2.90. The smallest absolute Gasteiger partial charge is 0.238 e. The maximum Gasteiger partial charge on any atom is 0.238 e. The van der Waals surface area contributed by atoms with Gasteiger partial charge < -0.3 is 10.1 Å². The molecule has 0 aliphatic rings. The number of rotatable bonds is 6. The van der Waals surface area contributed by atoms with Crippen molar-refractivity contribution in [1.82, 2.24) is 10.3 Å². The number of hydrogen-bond donors (Lipinski definition) is 1. The molecule has 0 radical (unpaired) electrons. The van der Waals surface area contributed by atoms with Gasteiger partial charge >= 0.3 is 0 Å². The molecule has 1 N–H and O–H groups in total. The van der Waals surface area contributed by atoms with E-state index in [0.29, 0.717) is 10.9 Å². The number of aromatic nitrogens is 1. The van der Waals surface area contributed by atoms with Crippen molar-refractivity contribution in [1.29, 1.82) is 0 Å². The quantitative estimate of drug-likeness (QED) is 0.804. The van der Waals surface area contributed by atoms with Gasteiger partial charge in [0.1, 0.15) is 10.8 Å². The van der Waals surface area contributed by atoms with Gasteiger partial charge in [0, 0.05) is 12.7 Å². The first-order valence-electron chi connectivity index (χ1n) is 6.78. The Balaban J connectivity index is 2.06. The summed E-state index contributed by atoms with van der Waals surface area (Å²) >= 11 is 6.22. The van der Waals surface area contributed by atoms with Crippen molar-refractivity contribution in [3.8, 4) is 11.6 Å². The van der Waals surface area contributed by atoms with Gasteiger partial charge in [0.15, 0.2) is 0 Å². The lowest BCUT2D eigenvalue weighted by Crippen LogP contribution is -2.13. The van der Waals surface area contributed by atoms with Crippen LogP contribution in [0.1, 0.15) is 24.5 Å². The summed E-state index contributed by atoms with van der Waals surface area (Å²) in [7, 11) is 0. The third-order valence-corrected chi connectivity index (χ3v) is 3.09. The molecule has 0 amide bonds.